The van der Waals surface area contributed by atoms with Crippen molar-refractivity contribution in [3.63, 3.8) is 0 Å². The molecule has 0 aliphatic carbocycles. The number of hydrogen-bond acceptors (Lipinski definition) is 6. The van der Waals surface area contributed by atoms with E-state index in [1.54, 1.807) is 23.7 Å². The van der Waals surface area contributed by atoms with E-state index < -0.39 is 15.6 Å². The Morgan fingerprint density at radius 1 is 1.39 bits per heavy atom. The highest BCUT2D eigenvalue weighted by Crippen LogP contribution is 2.33. The third-order valence-electron chi connectivity index (χ3n) is 3.40. The summed E-state index contributed by atoms with van der Waals surface area (Å²) in [5.74, 6) is 0. The van der Waals surface area contributed by atoms with Crippen LogP contribution in [0.1, 0.15) is 10.4 Å². The zero-order chi connectivity index (χ0) is 16.5. The van der Waals surface area contributed by atoms with Crippen LogP contribution in [0.3, 0.4) is 0 Å². The lowest BCUT2D eigenvalue weighted by Crippen LogP contribution is -2.41. The molecule has 9 heteroatoms. The van der Waals surface area contributed by atoms with Gasteiger partial charge in [0.1, 0.15) is 5.60 Å². The van der Waals surface area contributed by atoms with Crippen molar-refractivity contribution >= 4 is 32.7 Å². The molecule has 0 aliphatic rings. The topological polar surface area (TPSA) is 84.2 Å². The number of sulfonamides is 1. The first-order chi connectivity index (χ1) is 10.9. The average Bonchev–Trinajstić information content (AvgIpc) is 3.25. The molecule has 23 heavy (non-hydrogen) atoms. The summed E-state index contributed by atoms with van der Waals surface area (Å²) >= 11 is 2.83. The molecule has 3 heterocycles. The van der Waals surface area contributed by atoms with E-state index in [1.807, 2.05) is 22.2 Å². The van der Waals surface area contributed by atoms with Crippen LogP contribution >= 0.6 is 22.7 Å². The van der Waals surface area contributed by atoms with Crippen LogP contribution in [0, 0.1) is 0 Å². The molecule has 0 saturated carbocycles. The molecule has 3 aromatic heterocycles. The third kappa shape index (κ3) is 3.24. The summed E-state index contributed by atoms with van der Waals surface area (Å²) in [6, 6.07) is 5.40. The quantitative estimate of drug-likeness (QED) is 0.693. The number of thiophene rings is 2. The normalized spacial score (nSPS) is 14.7. The molecule has 0 amide bonds. The van der Waals surface area contributed by atoms with E-state index in [0.29, 0.717) is 10.4 Å². The SMILES string of the molecule is Cn1cnc(S(=O)(=O)NC[C@](O)(c2ccsc2)c2cccs2)c1. The van der Waals surface area contributed by atoms with Crippen molar-refractivity contribution in [1.82, 2.24) is 14.3 Å². The van der Waals surface area contributed by atoms with E-state index in [-0.39, 0.29) is 11.6 Å². The van der Waals surface area contributed by atoms with Crippen LogP contribution < -0.4 is 4.72 Å². The number of hydrogen-bond donors (Lipinski definition) is 2. The van der Waals surface area contributed by atoms with E-state index in [1.165, 1.54) is 35.2 Å². The van der Waals surface area contributed by atoms with Crippen molar-refractivity contribution in [3.8, 4) is 0 Å². The number of nitrogens with one attached hydrogen (secondary N) is 1. The van der Waals surface area contributed by atoms with Gasteiger partial charge in [-0.1, -0.05) is 6.07 Å². The van der Waals surface area contributed by atoms with Crippen LogP contribution in [-0.2, 0) is 22.7 Å². The fraction of sp³-hybridized carbons (Fsp3) is 0.214. The average molecular weight is 369 g/mol. The van der Waals surface area contributed by atoms with Crippen molar-refractivity contribution in [3.05, 3.63) is 57.3 Å². The first-order valence-electron chi connectivity index (χ1n) is 6.68. The van der Waals surface area contributed by atoms with Crippen molar-refractivity contribution in [1.29, 1.82) is 0 Å². The lowest BCUT2D eigenvalue weighted by Gasteiger charge is -2.26. The minimum Gasteiger partial charge on any atom is -0.378 e. The lowest BCUT2D eigenvalue weighted by atomic mass is 9.95. The monoisotopic (exact) mass is 369 g/mol. The highest BCUT2D eigenvalue weighted by molar-refractivity contribution is 7.89. The molecule has 0 unspecified atom stereocenters. The molecule has 0 bridgehead atoms. The van der Waals surface area contributed by atoms with Gasteiger partial charge in [0, 0.05) is 30.2 Å². The largest absolute Gasteiger partial charge is 0.378 e. The molecule has 3 rings (SSSR count). The van der Waals surface area contributed by atoms with Crippen molar-refractivity contribution in [2.45, 2.75) is 10.6 Å². The number of imidazole rings is 1. The maximum absolute atomic E-state index is 12.3. The van der Waals surface area contributed by atoms with Crippen LogP contribution in [0.2, 0.25) is 0 Å². The zero-order valence-corrected chi connectivity index (χ0v) is 14.7. The first kappa shape index (κ1) is 16.3. The summed E-state index contributed by atoms with van der Waals surface area (Å²) in [6.07, 6.45) is 2.83. The van der Waals surface area contributed by atoms with Gasteiger partial charge in [0.05, 0.1) is 6.33 Å². The molecule has 0 saturated heterocycles. The number of aryl methyl sites for hydroxylation is 1. The molecule has 0 aliphatic heterocycles. The molecule has 0 fully saturated rings. The summed E-state index contributed by atoms with van der Waals surface area (Å²) in [4.78, 5) is 4.53. The van der Waals surface area contributed by atoms with E-state index in [9.17, 15) is 13.5 Å². The molecular weight excluding hydrogens is 354 g/mol. The third-order valence-corrected chi connectivity index (χ3v) is 6.39. The molecule has 6 nitrogen and oxygen atoms in total. The van der Waals surface area contributed by atoms with Crippen LogP contribution in [-0.4, -0.2) is 29.6 Å². The van der Waals surface area contributed by atoms with E-state index in [0.717, 1.165) is 0 Å². The summed E-state index contributed by atoms with van der Waals surface area (Å²) in [5, 5.41) is 16.6. The molecule has 1 atom stereocenters. The van der Waals surface area contributed by atoms with Crippen LogP contribution in [0.5, 0.6) is 0 Å². The predicted octanol–water partition coefficient (Wildman–Crippen LogP) is 1.76. The van der Waals surface area contributed by atoms with Gasteiger partial charge in [0.2, 0.25) is 0 Å². The molecule has 3 aromatic rings. The second-order valence-electron chi connectivity index (χ2n) is 5.05. The second-order valence-corrected chi connectivity index (χ2v) is 8.49. The standard InChI is InChI=1S/C14H15N3O3S3/c1-17-7-13(15-10-17)23(19,20)16-9-14(18,11-4-6-21-8-11)12-3-2-5-22-12/h2-8,10,16,18H,9H2,1H3/t14-/m0/s1. The van der Waals surface area contributed by atoms with Gasteiger partial charge in [0.25, 0.3) is 10.0 Å². The molecule has 0 radical (unpaired) electrons. The maximum Gasteiger partial charge on any atom is 0.259 e. The van der Waals surface area contributed by atoms with Gasteiger partial charge >= 0.3 is 0 Å². The Morgan fingerprint density at radius 2 is 2.22 bits per heavy atom. The molecule has 122 valence electrons. The number of rotatable bonds is 6. The van der Waals surface area contributed by atoms with Gasteiger partial charge in [-0.25, -0.2) is 18.1 Å². The van der Waals surface area contributed by atoms with E-state index in [4.69, 9.17) is 0 Å². The summed E-state index contributed by atoms with van der Waals surface area (Å²) < 4.78 is 28.7. The van der Waals surface area contributed by atoms with Gasteiger partial charge in [0.15, 0.2) is 5.03 Å². The van der Waals surface area contributed by atoms with Gasteiger partial charge < -0.3 is 9.67 Å². The minimum absolute atomic E-state index is 0.0705. The van der Waals surface area contributed by atoms with Crippen LogP contribution in [0.25, 0.3) is 0 Å². The Hall–Kier alpha value is -1.52. The van der Waals surface area contributed by atoms with Crippen molar-refractivity contribution in [2.75, 3.05) is 6.54 Å². The van der Waals surface area contributed by atoms with Crippen molar-refractivity contribution < 1.29 is 13.5 Å². The van der Waals surface area contributed by atoms with Gasteiger partial charge in [-0.3, -0.25) is 0 Å². The molecule has 0 aromatic carbocycles. The summed E-state index contributed by atoms with van der Waals surface area (Å²) in [5.41, 5.74) is -0.746. The van der Waals surface area contributed by atoms with Crippen LogP contribution in [0.15, 0.2) is 51.9 Å². The summed E-state index contributed by atoms with van der Waals surface area (Å²) in [7, 11) is -2.09. The van der Waals surface area contributed by atoms with Gasteiger partial charge in [-0.15, -0.1) is 11.3 Å². The number of aliphatic hydroxyl groups is 1. The number of nitrogens with zero attached hydrogens (tertiary/aromatic N) is 2. The first-order valence-corrected chi connectivity index (χ1v) is 9.99. The maximum atomic E-state index is 12.3. The van der Waals surface area contributed by atoms with Crippen molar-refractivity contribution in [2.24, 2.45) is 7.05 Å². The summed E-state index contributed by atoms with van der Waals surface area (Å²) in [6.45, 7) is -0.164. The Labute approximate surface area is 142 Å². The highest BCUT2D eigenvalue weighted by atomic mass is 32.2. The molecule has 0 spiro atoms. The fourth-order valence-corrected chi connectivity index (χ4v) is 4.75. The van der Waals surface area contributed by atoms with Crippen LogP contribution in [0.4, 0.5) is 0 Å². The highest BCUT2D eigenvalue weighted by Gasteiger charge is 2.35. The van der Waals surface area contributed by atoms with Gasteiger partial charge in [-0.2, -0.15) is 11.3 Å². The smallest absolute Gasteiger partial charge is 0.259 e. The van der Waals surface area contributed by atoms with E-state index >= 15 is 0 Å². The number of aromatic nitrogens is 2. The minimum atomic E-state index is -3.79. The Morgan fingerprint density at radius 3 is 2.78 bits per heavy atom. The molecular formula is C14H15N3O3S3. The van der Waals surface area contributed by atoms with E-state index in [2.05, 4.69) is 9.71 Å². The molecule has 2 N–H and O–H groups in total. The lowest BCUT2D eigenvalue weighted by molar-refractivity contribution is 0.0903. The predicted molar refractivity (Wildman–Crippen MR) is 90.0 cm³/mol. The zero-order valence-electron chi connectivity index (χ0n) is 12.2. The second kappa shape index (κ2) is 6.17. The van der Waals surface area contributed by atoms with Gasteiger partial charge in [-0.05, 0) is 28.3 Å². The Kier molecular flexibility index (Phi) is 4.39. The Bertz CT molecular complexity index is 833. The Balaban J connectivity index is 1.89. The fourth-order valence-electron chi connectivity index (χ4n) is 2.15.